The second-order valence-electron chi connectivity index (χ2n) is 4.80. The van der Waals surface area contributed by atoms with Crippen molar-refractivity contribution in [3.8, 4) is 11.5 Å². The van der Waals surface area contributed by atoms with Crippen LogP contribution in [0, 0.1) is 0 Å². The topological polar surface area (TPSA) is 90.1 Å². The van der Waals surface area contributed by atoms with Gasteiger partial charge in [0.2, 0.25) is 0 Å². The summed E-state index contributed by atoms with van der Waals surface area (Å²) in [5, 5.41) is 9.51. The zero-order valence-corrected chi connectivity index (χ0v) is 13.3. The third kappa shape index (κ3) is 2.50. The second-order valence-corrected chi connectivity index (χ2v) is 5.81. The van der Waals surface area contributed by atoms with Crippen molar-refractivity contribution in [2.45, 2.75) is 6.54 Å². The van der Waals surface area contributed by atoms with E-state index in [1.807, 2.05) is 0 Å². The lowest BCUT2D eigenvalue weighted by atomic mass is 10.1. The number of rotatable bonds is 4. The smallest absolute Gasteiger partial charge is 0.340 e. The summed E-state index contributed by atoms with van der Waals surface area (Å²) in [7, 11) is 2.81. The Bertz CT molecular complexity index is 957. The summed E-state index contributed by atoms with van der Waals surface area (Å²) >= 11 is 1.25. The van der Waals surface area contributed by atoms with Crippen LogP contribution in [0.25, 0.3) is 6.08 Å². The van der Waals surface area contributed by atoms with Crippen molar-refractivity contribution in [1.82, 2.24) is 4.57 Å². The number of nitrogens with zero attached hydrogens (tertiary/aromatic N) is 2. The molecule has 0 unspecified atom stereocenters. The minimum Gasteiger partial charge on any atom is -0.493 e. The van der Waals surface area contributed by atoms with Crippen LogP contribution in [0.4, 0.5) is 0 Å². The maximum absolute atomic E-state index is 12.3. The van der Waals surface area contributed by atoms with Crippen LogP contribution in [-0.4, -0.2) is 36.4 Å². The van der Waals surface area contributed by atoms with Gasteiger partial charge in [-0.2, -0.15) is 0 Å². The average molecular weight is 334 g/mol. The molecule has 2 aromatic rings. The first kappa shape index (κ1) is 15.3. The van der Waals surface area contributed by atoms with Crippen LogP contribution in [0.5, 0.6) is 11.5 Å². The van der Waals surface area contributed by atoms with Gasteiger partial charge < -0.3 is 14.6 Å². The number of thiazole rings is 1. The van der Waals surface area contributed by atoms with E-state index in [9.17, 15) is 14.7 Å². The van der Waals surface area contributed by atoms with Gasteiger partial charge in [0.15, 0.2) is 16.3 Å². The summed E-state index contributed by atoms with van der Waals surface area (Å²) < 4.78 is 12.3. The van der Waals surface area contributed by atoms with Gasteiger partial charge in [-0.3, -0.25) is 14.4 Å². The summed E-state index contributed by atoms with van der Waals surface area (Å²) in [5.74, 6) is -0.703. The SMILES string of the molecule is COc1ccc(/C=c2\sc3n(c2=O)CCN=3)c(C(=O)O)c1OC. The maximum atomic E-state index is 12.3. The normalized spacial score (nSPS) is 13.6. The molecule has 120 valence electrons. The summed E-state index contributed by atoms with van der Waals surface area (Å²) in [5.41, 5.74) is 0.187. The lowest BCUT2D eigenvalue weighted by Crippen LogP contribution is -2.29. The number of hydrogen-bond donors (Lipinski definition) is 1. The van der Waals surface area contributed by atoms with E-state index in [1.165, 1.54) is 25.6 Å². The molecule has 0 saturated carbocycles. The number of carboxylic acid groups (broad SMARTS) is 1. The van der Waals surface area contributed by atoms with E-state index in [4.69, 9.17) is 9.47 Å². The molecule has 0 amide bonds. The lowest BCUT2D eigenvalue weighted by Gasteiger charge is -2.12. The molecule has 0 aliphatic carbocycles. The summed E-state index contributed by atoms with van der Waals surface area (Å²) in [4.78, 5) is 28.8. The Hall–Kier alpha value is -2.61. The summed E-state index contributed by atoms with van der Waals surface area (Å²) in [6, 6.07) is 3.21. The van der Waals surface area contributed by atoms with Crippen molar-refractivity contribution in [2.75, 3.05) is 20.8 Å². The van der Waals surface area contributed by atoms with Crippen LogP contribution in [-0.2, 0) is 6.54 Å². The van der Waals surface area contributed by atoms with E-state index in [-0.39, 0.29) is 16.9 Å². The van der Waals surface area contributed by atoms with Gasteiger partial charge in [0.25, 0.3) is 5.56 Å². The number of aromatic carboxylic acids is 1. The standard InChI is InChI=1S/C15H14N2O5S/c1-21-9-4-3-8(11(14(19)20)12(9)22-2)7-10-13(18)17-6-5-16-15(17)23-10/h3-4,7H,5-6H2,1-2H3,(H,19,20)/b10-7-. The van der Waals surface area contributed by atoms with Crippen molar-refractivity contribution < 1.29 is 19.4 Å². The van der Waals surface area contributed by atoms with Gasteiger partial charge in [-0.05, 0) is 17.7 Å². The second kappa shape index (κ2) is 5.88. The molecular weight excluding hydrogens is 320 g/mol. The van der Waals surface area contributed by atoms with Crippen LogP contribution < -0.4 is 24.4 Å². The van der Waals surface area contributed by atoms with E-state index in [1.54, 1.807) is 22.8 Å². The number of aromatic nitrogens is 1. The minimum atomic E-state index is -1.15. The van der Waals surface area contributed by atoms with Gasteiger partial charge in [0.05, 0.1) is 25.3 Å². The first-order chi connectivity index (χ1) is 11.1. The lowest BCUT2D eigenvalue weighted by molar-refractivity contribution is 0.0692. The summed E-state index contributed by atoms with van der Waals surface area (Å²) in [6.07, 6.45) is 1.55. The highest BCUT2D eigenvalue weighted by atomic mass is 32.1. The molecular formula is C15H14N2O5S. The molecule has 0 spiro atoms. The first-order valence-corrected chi connectivity index (χ1v) is 7.62. The number of fused-ring (bicyclic) bond motifs is 1. The van der Waals surface area contributed by atoms with Crippen LogP contribution in [0.3, 0.4) is 0 Å². The highest BCUT2D eigenvalue weighted by molar-refractivity contribution is 7.07. The fourth-order valence-electron chi connectivity index (χ4n) is 2.49. The predicted octanol–water partition coefficient (Wildman–Crippen LogP) is 0.0872. The molecule has 3 rings (SSSR count). The first-order valence-electron chi connectivity index (χ1n) is 6.81. The van der Waals surface area contributed by atoms with Crippen LogP contribution in [0.15, 0.2) is 21.9 Å². The number of hydrogen-bond acceptors (Lipinski definition) is 6. The molecule has 0 fully saturated rings. The van der Waals surface area contributed by atoms with E-state index in [0.29, 0.717) is 33.7 Å². The van der Waals surface area contributed by atoms with E-state index < -0.39 is 5.97 Å². The maximum Gasteiger partial charge on any atom is 0.340 e. The van der Waals surface area contributed by atoms with Crippen LogP contribution in [0.2, 0.25) is 0 Å². The molecule has 1 aromatic heterocycles. The molecule has 0 radical (unpaired) electrons. The molecule has 0 bridgehead atoms. The predicted molar refractivity (Wildman–Crippen MR) is 84.3 cm³/mol. The Morgan fingerprint density at radius 1 is 1.39 bits per heavy atom. The number of benzene rings is 1. The number of methoxy groups -OCH3 is 2. The third-order valence-corrected chi connectivity index (χ3v) is 4.58. The van der Waals surface area contributed by atoms with Crippen molar-refractivity contribution >= 4 is 23.4 Å². The van der Waals surface area contributed by atoms with E-state index >= 15 is 0 Å². The average Bonchev–Trinajstić information content (AvgIpc) is 3.10. The highest BCUT2D eigenvalue weighted by Gasteiger charge is 2.20. The minimum absolute atomic E-state index is 0.0400. The fourth-order valence-corrected chi connectivity index (χ4v) is 3.51. The van der Waals surface area contributed by atoms with E-state index in [0.717, 1.165) is 0 Å². The monoisotopic (exact) mass is 334 g/mol. The summed E-state index contributed by atoms with van der Waals surface area (Å²) in [6.45, 7) is 1.17. The zero-order valence-electron chi connectivity index (χ0n) is 12.5. The number of carbonyl (C=O) groups is 1. The Kier molecular flexibility index (Phi) is 3.91. The Balaban J connectivity index is 2.27. The van der Waals surface area contributed by atoms with Crippen molar-refractivity contribution in [2.24, 2.45) is 4.99 Å². The van der Waals surface area contributed by atoms with Gasteiger partial charge >= 0.3 is 5.97 Å². The quantitative estimate of drug-likeness (QED) is 0.856. The van der Waals surface area contributed by atoms with Crippen LogP contribution in [0.1, 0.15) is 15.9 Å². The Morgan fingerprint density at radius 2 is 2.17 bits per heavy atom. The molecule has 1 aliphatic heterocycles. The molecule has 1 N–H and O–H groups in total. The van der Waals surface area contributed by atoms with Crippen molar-refractivity contribution in [3.05, 3.63) is 42.9 Å². The van der Waals surface area contributed by atoms with Gasteiger partial charge in [0, 0.05) is 6.54 Å². The van der Waals surface area contributed by atoms with Crippen molar-refractivity contribution in [3.63, 3.8) is 0 Å². The largest absolute Gasteiger partial charge is 0.493 e. The molecule has 1 aromatic carbocycles. The number of ether oxygens (including phenoxy) is 2. The molecule has 2 heterocycles. The van der Waals surface area contributed by atoms with Gasteiger partial charge in [-0.1, -0.05) is 17.4 Å². The Labute approximate surface area is 134 Å². The van der Waals surface area contributed by atoms with Crippen LogP contribution >= 0.6 is 11.3 Å². The zero-order chi connectivity index (χ0) is 16.6. The molecule has 7 nitrogen and oxygen atoms in total. The van der Waals surface area contributed by atoms with Crippen molar-refractivity contribution in [1.29, 1.82) is 0 Å². The van der Waals surface area contributed by atoms with Gasteiger partial charge in [0.1, 0.15) is 5.56 Å². The fraction of sp³-hybridized carbons (Fsp3) is 0.267. The molecule has 0 saturated heterocycles. The van der Waals surface area contributed by atoms with Gasteiger partial charge in [-0.25, -0.2) is 4.79 Å². The van der Waals surface area contributed by atoms with Gasteiger partial charge in [-0.15, -0.1) is 0 Å². The molecule has 1 aliphatic rings. The highest BCUT2D eigenvalue weighted by Crippen LogP contribution is 2.33. The molecule has 23 heavy (non-hydrogen) atoms. The Morgan fingerprint density at radius 3 is 2.78 bits per heavy atom. The third-order valence-electron chi connectivity index (χ3n) is 3.54. The molecule has 0 atom stereocenters. The number of carboxylic acids is 1. The molecule has 8 heteroatoms. The van der Waals surface area contributed by atoms with E-state index in [2.05, 4.69) is 4.99 Å².